The second-order valence-electron chi connectivity index (χ2n) is 7.63. The summed E-state index contributed by atoms with van der Waals surface area (Å²) in [4.78, 5) is 6.27. The Kier molecular flexibility index (Phi) is 2.94. The SMILES string of the molecule is C[C@H]1[C@H](CO)[C@H]2C[C@H]3c4[nH]c5ccccc5c4C[C@@H]([C@H]2CO)N31. The molecule has 3 N–H and O–H groups in total. The monoisotopic (exact) mass is 312 g/mol. The first kappa shape index (κ1) is 14.0. The summed E-state index contributed by atoms with van der Waals surface area (Å²) in [5.41, 5.74) is 4.07. The molecule has 1 aromatic carbocycles. The third-order valence-corrected chi connectivity index (χ3v) is 6.94. The predicted octanol–water partition coefficient (Wildman–Crippen LogP) is 2.07. The minimum atomic E-state index is 0.234. The van der Waals surface area contributed by atoms with Crippen LogP contribution in [0.3, 0.4) is 0 Å². The van der Waals surface area contributed by atoms with E-state index in [2.05, 4.69) is 41.1 Å². The molecule has 1 unspecified atom stereocenters. The van der Waals surface area contributed by atoms with Gasteiger partial charge in [-0.1, -0.05) is 18.2 Å². The molecule has 0 aliphatic carbocycles. The van der Waals surface area contributed by atoms with Gasteiger partial charge < -0.3 is 15.2 Å². The highest BCUT2D eigenvalue weighted by Gasteiger charge is 2.57. The zero-order valence-corrected chi connectivity index (χ0v) is 13.4. The van der Waals surface area contributed by atoms with E-state index in [0.29, 0.717) is 35.9 Å². The summed E-state index contributed by atoms with van der Waals surface area (Å²) in [6.45, 7) is 2.73. The van der Waals surface area contributed by atoms with Gasteiger partial charge in [0.1, 0.15) is 0 Å². The van der Waals surface area contributed by atoms with Crippen molar-refractivity contribution in [2.45, 2.75) is 37.9 Å². The molecule has 4 nitrogen and oxygen atoms in total. The average molecular weight is 312 g/mol. The molecular formula is C19H24N2O2. The van der Waals surface area contributed by atoms with Crippen molar-refractivity contribution >= 4 is 10.9 Å². The van der Waals surface area contributed by atoms with Crippen LogP contribution in [0.15, 0.2) is 24.3 Å². The molecule has 1 aromatic heterocycles. The van der Waals surface area contributed by atoms with Gasteiger partial charge in [-0.15, -0.1) is 0 Å². The van der Waals surface area contributed by atoms with Crippen LogP contribution in [0.25, 0.3) is 10.9 Å². The molecule has 3 saturated heterocycles. The van der Waals surface area contributed by atoms with Crippen LogP contribution >= 0.6 is 0 Å². The van der Waals surface area contributed by atoms with E-state index in [1.165, 1.54) is 22.2 Å². The number of piperidine rings is 3. The van der Waals surface area contributed by atoms with E-state index in [0.717, 1.165) is 12.8 Å². The van der Waals surface area contributed by atoms with Crippen molar-refractivity contribution in [3.63, 3.8) is 0 Å². The Morgan fingerprint density at radius 3 is 2.74 bits per heavy atom. The van der Waals surface area contributed by atoms with Crippen LogP contribution < -0.4 is 0 Å². The van der Waals surface area contributed by atoms with E-state index in [9.17, 15) is 10.2 Å². The van der Waals surface area contributed by atoms with Gasteiger partial charge in [-0.25, -0.2) is 0 Å². The van der Waals surface area contributed by atoms with E-state index in [-0.39, 0.29) is 13.2 Å². The summed E-state index contributed by atoms with van der Waals surface area (Å²) in [6, 6.07) is 9.79. The lowest BCUT2D eigenvalue weighted by molar-refractivity contribution is -0.154. The first-order valence-corrected chi connectivity index (χ1v) is 8.83. The highest BCUT2D eigenvalue weighted by molar-refractivity contribution is 5.85. The molecule has 3 fully saturated rings. The van der Waals surface area contributed by atoms with E-state index >= 15 is 0 Å². The van der Waals surface area contributed by atoms with Crippen molar-refractivity contribution in [1.82, 2.24) is 9.88 Å². The highest BCUT2D eigenvalue weighted by Crippen LogP contribution is 2.56. The molecule has 0 saturated carbocycles. The number of fused-ring (bicyclic) bond motifs is 4. The molecule has 122 valence electrons. The normalized spacial score (nSPS) is 41.3. The number of hydrogen-bond acceptors (Lipinski definition) is 3. The van der Waals surface area contributed by atoms with Crippen molar-refractivity contribution < 1.29 is 10.2 Å². The molecule has 23 heavy (non-hydrogen) atoms. The van der Waals surface area contributed by atoms with Crippen LogP contribution in [0, 0.1) is 17.8 Å². The maximum atomic E-state index is 10.0. The van der Waals surface area contributed by atoms with Crippen LogP contribution in [0.2, 0.25) is 0 Å². The first-order chi connectivity index (χ1) is 11.2. The third-order valence-electron chi connectivity index (χ3n) is 6.94. The fraction of sp³-hybridized carbons (Fsp3) is 0.579. The Hall–Kier alpha value is -1.36. The van der Waals surface area contributed by atoms with Gasteiger partial charge in [0.05, 0.1) is 6.04 Å². The van der Waals surface area contributed by atoms with E-state index in [1.807, 2.05) is 0 Å². The van der Waals surface area contributed by atoms with Gasteiger partial charge in [0.15, 0.2) is 0 Å². The van der Waals surface area contributed by atoms with Gasteiger partial charge in [0.2, 0.25) is 0 Å². The number of H-pyrrole nitrogens is 1. The molecular weight excluding hydrogens is 288 g/mol. The topological polar surface area (TPSA) is 59.5 Å². The molecule has 0 amide bonds. The summed E-state index contributed by atoms with van der Waals surface area (Å²) < 4.78 is 0. The lowest BCUT2D eigenvalue weighted by Gasteiger charge is -2.63. The molecule has 2 aromatic rings. The molecule has 5 heterocycles. The summed E-state index contributed by atoms with van der Waals surface area (Å²) in [5, 5.41) is 21.2. The zero-order valence-electron chi connectivity index (χ0n) is 13.4. The maximum absolute atomic E-state index is 10.0. The van der Waals surface area contributed by atoms with Crippen molar-refractivity contribution in [2.75, 3.05) is 13.2 Å². The number of rotatable bonds is 2. The summed E-state index contributed by atoms with van der Waals surface area (Å²) in [7, 11) is 0. The fourth-order valence-corrected chi connectivity index (χ4v) is 5.95. The Balaban J connectivity index is 1.68. The molecule has 4 aliphatic heterocycles. The second-order valence-corrected chi connectivity index (χ2v) is 7.63. The summed E-state index contributed by atoms with van der Waals surface area (Å²) >= 11 is 0. The fourth-order valence-electron chi connectivity index (χ4n) is 5.95. The smallest absolute Gasteiger partial charge is 0.0510 e. The Morgan fingerprint density at radius 2 is 1.96 bits per heavy atom. The minimum absolute atomic E-state index is 0.234. The van der Waals surface area contributed by atoms with Gasteiger partial charge in [-0.2, -0.15) is 0 Å². The quantitative estimate of drug-likeness (QED) is 0.796. The molecule has 4 aliphatic rings. The molecule has 6 rings (SSSR count). The summed E-state index contributed by atoms with van der Waals surface area (Å²) in [5.74, 6) is 1.02. The molecule has 0 spiro atoms. The van der Waals surface area contributed by atoms with Gasteiger partial charge in [0.25, 0.3) is 0 Å². The van der Waals surface area contributed by atoms with Crippen molar-refractivity contribution in [2.24, 2.45) is 17.8 Å². The number of aromatic amines is 1. The van der Waals surface area contributed by atoms with Crippen molar-refractivity contribution in [3.8, 4) is 0 Å². The van der Waals surface area contributed by atoms with Crippen LogP contribution in [-0.2, 0) is 6.42 Å². The van der Waals surface area contributed by atoms with E-state index in [1.54, 1.807) is 0 Å². The maximum Gasteiger partial charge on any atom is 0.0510 e. The number of para-hydroxylation sites is 1. The third kappa shape index (κ3) is 1.66. The number of nitrogens with one attached hydrogen (secondary N) is 1. The number of hydrogen-bond donors (Lipinski definition) is 3. The minimum Gasteiger partial charge on any atom is -0.396 e. The number of aliphatic hydroxyl groups is 2. The van der Waals surface area contributed by atoms with Crippen molar-refractivity contribution in [3.05, 3.63) is 35.5 Å². The Morgan fingerprint density at radius 1 is 1.17 bits per heavy atom. The first-order valence-electron chi connectivity index (χ1n) is 8.83. The molecule has 4 bridgehead atoms. The lowest BCUT2D eigenvalue weighted by atomic mass is 9.60. The second kappa shape index (κ2) is 4.82. The standard InChI is InChI=1S/C19H24N2O2/c1-10-14(8-22)12-6-18-19-13(7-17(21(10)18)15(12)9-23)11-4-2-3-5-16(11)20-19/h2-5,10,12,14-15,17-18,20,22-23H,6-9H2,1H3/t10-,12+,14-,15-,17-,18-/m0/s1. The Labute approximate surface area is 136 Å². The van der Waals surface area contributed by atoms with Gasteiger partial charge in [0, 0.05) is 53.7 Å². The number of aromatic nitrogens is 1. The molecule has 4 heteroatoms. The molecule has 7 atom stereocenters. The van der Waals surface area contributed by atoms with E-state index in [4.69, 9.17) is 0 Å². The summed E-state index contributed by atoms with van der Waals surface area (Å²) in [6.07, 6.45) is 2.07. The zero-order chi connectivity index (χ0) is 15.7. The van der Waals surface area contributed by atoms with Gasteiger partial charge in [-0.3, -0.25) is 4.90 Å². The van der Waals surface area contributed by atoms with Crippen LogP contribution in [0.5, 0.6) is 0 Å². The van der Waals surface area contributed by atoms with Gasteiger partial charge in [-0.05, 0) is 37.3 Å². The van der Waals surface area contributed by atoms with Crippen LogP contribution in [-0.4, -0.2) is 45.4 Å². The van der Waals surface area contributed by atoms with Gasteiger partial charge >= 0.3 is 0 Å². The average Bonchev–Trinajstić information content (AvgIpc) is 2.94. The van der Waals surface area contributed by atoms with Crippen LogP contribution in [0.4, 0.5) is 0 Å². The number of nitrogens with zero attached hydrogens (tertiary/aromatic N) is 1. The number of aliphatic hydroxyl groups excluding tert-OH is 2. The predicted molar refractivity (Wildman–Crippen MR) is 89.1 cm³/mol. The van der Waals surface area contributed by atoms with E-state index < -0.39 is 0 Å². The largest absolute Gasteiger partial charge is 0.396 e. The lowest BCUT2D eigenvalue weighted by Crippen LogP contribution is -2.67. The highest BCUT2D eigenvalue weighted by atomic mass is 16.3. The molecule has 0 radical (unpaired) electrons. The number of benzene rings is 1. The van der Waals surface area contributed by atoms with Crippen molar-refractivity contribution in [1.29, 1.82) is 0 Å². The Bertz CT molecular complexity index is 755. The van der Waals surface area contributed by atoms with Crippen LogP contribution in [0.1, 0.15) is 30.6 Å².